The van der Waals surface area contributed by atoms with Gasteiger partial charge in [-0.2, -0.15) is 4.99 Å². The van der Waals surface area contributed by atoms with Crippen LogP contribution >= 0.6 is 0 Å². The summed E-state index contributed by atoms with van der Waals surface area (Å²) in [6.45, 7) is -0.689. The number of hydrogen-bond donors (Lipinski definition) is 4. The van der Waals surface area contributed by atoms with Crippen LogP contribution in [-0.2, 0) is 9.59 Å². The molecule has 2 amide bonds. The maximum atomic E-state index is 12.5. The lowest BCUT2D eigenvalue weighted by atomic mass is 10.3. The normalized spacial score (nSPS) is 14.0. The molecule has 4 N–H and O–H groups in total. The number of para-hydroxylation sites is 2. The van der Waals surface area contributed by atoms with Gasteiger partial charge < -0.3 is 29.4 Å². The Labute approximate surface area is 206 Å². The Morgan fingerprint density at radius 2 is 1.44 bits per heavy atom. The summed E-state index contributed by atoms with van der Waals surface area (Å²) >= 11 is 0. The quantitative estimate of drug-likeness (QED) is 0.277. The zero-order chi connectivity index (χ0) is 25.3. The van der Waals surface area contributed by atoms with Gasteiger partial charge in [-0.05, 0) is 60.7 Å². The Balaban J connectivity index is 1.38. The number of hydrogen-bond acceptors (Lipinski definition) is 9. The molecule has 0 saturated heterocycles. The van der Waals surface area contributed by atoms with Gasteiger partial charge in [-0.1, -0.05) is 12.1 Å². The van der Waals surface area contributed by atoms with Crippen LogP contribution in [0.1, 0.15) is 0 Å². The van der Waals surface area contributed by atoms with Gasteiger partial charge in [-0.15, -0.1) is 0 Å². The van der Waals surface area contributed by atoms with E-state index in [-0.39, 0.29) is 24.9 Å². The van der Waals surface area contributed by atoms with E-state index in [4.69, 9.17) is 18.9 Å². The molecule has 3 aromatic rings. The van der Waals surface area contributed by atoms with Gasteiger partial charge in [0.1, 0.15) is 28.7 Å². The van der Waals surface area contributed by atoms with Crippen molar-refractivity contribution in [1.29, 1.82) is 0 Å². The Bertz CT molecular complexity index is 1200. The third-order valence-electron chi connectivity index (χ3n) is 4.80. The first-order valence-corrected chi connectivity index (χ1v) is 10.9. The molecule has 0 aromatic heterocycles. The number of anilines is 1. The van der Waals surface area contributed by atoms with Crippen LogP contribution in [0.2, 0.25) is 0 Å². The maximum Gasteiger partial charge on any atom is 0.271 e. The highest BCUT2D eigenvalue weighted by atomic mass is 16.5. The van der Waals surface area contributed by atoms with E-state index in [0.717, 1.165) is 5.69 Å². The monoisotopic (exact) mass is 492 g/mol. The van der Waals surface area contributed by atoms with E-state index in [1.807, 2.05) is 18.2 Å². The molecule has 0 radical (unpaired) electrons. The second kappa shape index (κ2) is 11.5. The Morgan fingerprint density at radius 1 is 0.889 bits per heavy atom. The first-order chi connectivity index (χ1) is 17.5. The van der Waals surface area contributed by atoms with Gasteiger partial charge in [0.15, 0.2) is 13.2 Å². The topological polar surface area (TPSA) is 140 Å². The lowest BCUT2D eigenvalue weighted by Crippen LogP contribution is -2.48. The van der Waals surface area contributed by atoms with E-state index >= 15 is 0 Å². The third kappa shape index (κ3) is 6.79. The molecule has 1 unspecified atom stereocenters. The molecule has 0 bridgehead atoms. The summed E-state index contributed by atoms with van der Waals surface area (Å²) < 4.78 is 21.7. The molecule has 0 aliphatic carbocycles. The predicted molar refractivity (Wildman–Crippen MR) is 130 cm³/mol. The largest absolute Gasteiger partial charge is 0.508 e. The number of methoxy groups -OCH3 is 1. The number of carbonyl (C=O) groups excluding carboxylic acids is 2. The average molecular weight is 492 g/mol. The SMILES string of the molecule is COc1ccc(OCC(=O)N/C(=N/C2Nc3ccccc3O2)NC(=O)COc2ccc(O)cc2)cc1. The van der Waals surface area contributed by atoms with E-state index in [9.17, 15) is 14.7 Å². The molecule has 1 aliphatic heterocycles. The number of nitrogens with one attached hydrogen (secondary N) is 3. The molecule has 1 atom stereocenters. The molecule has 0 saturated carbocycles. The van der Waals surface area contributed by atoms with Crippen LogP contribution in [0.4, 0.5) is 5.69 Å². The Morgan fingerprint density at radius 3 is 2.03 bits per heavy atom. The number of fused-ring (bicyclic) bond motifs is 1. The molecular formula is C25H24N4O7. The fourth-order valence-electron chi connectivity index (χ4n) is 3.09. The molecule has 1 aliphatic rings. The average Bonchev–Trinajstić information content (AvgIpc) is 3.29. The highest BCUT2D eigenvalue weighted by molar-refractivity contribution is 6.05. The van der Waals surface area contributed by atoms with Crippen molar-refractivity contribution in [2.45, 2.75) is 6.35 Å². The fraction of sp³-hybridized carbons (Fsp3) is 0.160. The van der Waals surface area contributed by atoms with Gasteiger partial charge in [0, 0.05) is 0 Å². The number of phenolic OH excluding ortho intramolecular Hbond substituents is 1. The molecule has 1 heterocycles. The number of phenols is 1. The summed E-state index contributed by atoms with van der Waals surface area (Å²) in [6, 6.07) is 19.9. The third-order valence-corrected chi connectivity index (χ3v) is 4.80. The van der Waals surface area contributed by atoms with Crippen molar-refractivity contribution in [1.82, 2.24) is 10.6 Å². The maximum absolute atomic E-state index is 12.5. The van der Waals surface area contributed by atoms with Crippen LogP contribution in [0.3, 0.4) is 0 Å². The molecule has 11 nitrogen and oxygen atoms in total. The van der Waals surface area contributed by atoms with E-state index in [1.165, 1.54) is 24.3 Å². The number of aliphatic imine (C=N–C) groups is 1. The number of ether oxygens (including phenoxy) is 4. The summed E-state index contributed by atoms with van der Waals surface area (Å²) in [6.07, 6.45) is -0.876. The predicted octanol–water partition coefficient (Wildman–Crippen LogP) is 2.24. The van der Waals surface area contributed by atoms with E-state index in [1.54, 1.807) is 37.4 Å². The van der Waals surface area contributed by atoms with E-state index in [0.29, 0.717) is 23.0 Å². The van der Waals surface area contributed by atoms with Crippen molar-refractivity contribution in [2.24, 2.45) is 4.99 Å². The van der Waals surface area contributed by atoms with Crippen LogP contribution in [0.5, 0.6) is 28.7 Å². The zero-order valence-corrected chi connectivity index (χ0v) is 19.3. The second-order valence-corrected chi connectivity index (χ2v) is 7.43. The molecule has 4 rings (SSSR count). The van der Waals surface area contributed by atoms with E-state index in [2.05, 4.69) is 20.9 Å². The highest BCUT2D eigenvalue weighted by Crippen LogP contribution is 2.31. The number of guanidine groups is 1. The van der Waals surface area contributed by atoms with Crippen LogP contribution in [-0.4, -0.2) is 49.6 Å². The fourth-order valence-corrected chi connectivity index (χ4v) is 3.09. The minimum atomic E-state index is -0.876. The zero-order valence-electron chi connectivity index (χ0n) is 19.3. The number of carbonyl (C=O) groups is 2. The van der Waals surface area contributed by atoms with Crippen molar-refractivity contribution < 1.29 is 33.6 Å². The summed E-state index contributed by atoms with van der Waals surface area (Å²) in [5, 5.41) is 17.4. The number of amides is 2. The molecule has 0 fully saturated rings. The van der Waals surface area contributed by atoms with Crippen LogP contribution in [0.25, 0.3) is 0 Å². The van der Waals surface area contributed by atoms with Crippen molar-refractivity contribution in [3.05, 3.63) is 72.8 Å². The lowest BCUT2D eigenvalue weighted by Gasteiger charge is -2.14. The number of aromatic hydroxyl groups is 1. The van der Waals surface area contributed by atoms with Crippen molar-refractivity contribution >= 4 is 23.5 Å². The van der Waals surface area contributed by atoms with Gasteiger partial charge in [-0.25, -0.2) is 0 Å². The Kier molecular flexibility index (Phi) is 7.71. The van der Waals surface area contributed by atoms with Gasteiger partial charge in [0.2, 0.25) is 5.96 Å². The van der Waals surface area contributed by atoms with Crippen molar-refractivity contribution in [3.8, 4) is 28.7 Å². The lowest BCUT2D eigenvalue weighted by molar-refractivity contribution is -0.122. The van der Waals surface area contributed by atoms with Gasteiger partial charge >= 0.3 is 0 Å². The summed E-state index contributed by atoms with van der Waals surface area (Å²) in [4.78, 5) is 29.3. The van der Waals surface area contributed by atoms with Gasteiger partial charge in [0.25, 0.3) is 18.2 Å². The molecule has 186 valence electrons. The van der Waals surface area contributed by atoms with Crippen LogP contribution in [0.15, 0.2) is 77.8 Å². The van der Waals surface area contributed by atoms with Crippen molar-refractivity contribution in [3.63, 3.8) is 0 Å². The minimum absolute atomic E-state index is 0.0749. The van der Waals surface area contributed by atoms with Crippen molar-refractivity contribution in [2.75, 3.05) is 25.6 Å². The number of nitrogens with zero attached hydrogens (tertiary/aromatic N) is 1. The summed E-state index contributed by atoms with van der Waals surface area (Å²) in [7, 11) is 1.55. The highest BCUT2D eigenvalue weighted by Gasteiger charge is 2.22. The number of benzene rings is 3. The molecule has 11 heteroatoms. The summed E-state index contributed by atoms with van der Waals surface area (Å²) in [5.74, 6) is 0.884. The minimum Gasteiger partial charge on any atom is -0.508 e. The second-order valence-electron chi connectivity index (χ2n) is 7.43. The van der Waals surface area contributed by atoms with Crippen LogP contribution < -0.4 is 34.9 Å². The van der Waals surface area contributed by atoms with Crippen LogP contribution in [0, 0.1) is 0 Å². The summed E-state index contributed by atoms with van der Waals surface area (Å²) in [5.41, 5.74) is 0.724. The first-order valence-electron chi connectivity index (χ1n) is 10.9. The standard InChI is InChI=1S/C25H24N4O7/c1-33-17-10-12-19(13-11-17)35-15-23(32)28-24(29-25-26-20-4-2-3-5-21(20)36-25)27-22(31)14-34-18-8-6-16(30)7-9-18/h2-13,25-26,30H,14-15H2,1H3,(H2,27,28,29,31,32). The molecule has 0 spiro atoms. The van der Waals surface area contributed by atoms with E-state index < -0.39 is 18.2 Å². The molecular weight excluding hydrogens is 468 g/mol. The molecule has 36 heavy (non-hydrogen) atoms. The van der Waals surface area contributed by atoms with Gasteiger partial charge in [-0.3, -0.25) is 20.2 Å². The molecule has 3 aromatic carbocycles. The number of rotatable bonds is 8. The first kappa shape index (κ1) is 24.2. The Hall–Kier alpha value is -4.93. The smallest absolute Gasteiger partial charge is 0.271 e. The van der Waals surface area contributed by atoms with Gasteiger partial charge in [0.05, 0.1) is 12.8 Å².